The Morgan fingerprint density at radius 1 is 0.662 bits per heavy atom. The Labute approximate surface area is 394 Å². The summed E-state index contributed by atoms with van der Waals surface area (Å²) in [6.07, 6.45) is 0.728. The number of rotatable bonds is 17. The molecule has 0 spiro atoms. The number of esters is 2. The molecule has 0 bridgehead atoms. The third-order valence-electron chi connectivity index (χ3n) is 9.82. The first-order valence-electron chi connectivity index (χ1n) is 20.5. The number of anilines is 2. The largest absolute Gasteiger partial charge is 0.465 e. The standard InChI is InChI=1S/C22H26ClFN2O5S.C18H18Cl2FNO4S.C4H9NO/c1-30-22(27)18-5-3-17(4-6-18)16-26(19-7-8-21(24)20(23)15-19)32(28,29)14-2-9-25-10-12-31-13-11-25;1-26-18(23)14-5-3-13(4-6-14)12-22(27(24,25)10-2-9-19)15-7-8-17(21)16(20)11-15;1-3-6-4-2-5-1/h3-8,15H,2,9-14,16H2,1H3;3-8,11H,2,9-10,12H2,1H3;5H,1-4H2. The summed E-state index contributed by atoms with van der Waals surface area (Å²) in [4.78, 5) is 25.3. The van der Waals surface area contributed by atoms with Gasteiger partial charge in [-0.25, -0.2) is 35.2 Å². The Kier molecular flexibility index (Phi) is 22.1. The Morgan fingerprint density at radius 2 is 1.08 bits per heavy atom. The highest BCUT2D eigenvalue weighted by molar-refractivity contribution is 7.93. The van der Waals surface area contributed by atoms with Crippen molar-refractivity contribution in [3.8, 4) is 0 Å². The van der Waals surface area contributed by atoms with E-state index < -0.39 is 43.6 Å². The molecule has 4 aromatic carbocycles. The van der Waals surface area contributed by atoms with E-state index in [4.69, 9.17) is 49.0 Å². The molecular formula is C44H53Cl3F2N4O10S2. The highest BCUT2D eigenvalue weighted by Gasteiger charge is 2.26. The van der Waals surface area contributed by atoms with Crippen molar-refractivity contribution < 1.29 is 54.2 Å². The number of nitrogens with one attached hydrogen (secondary N) is 1. The van der Waals surface area contributed by atoms with Crippen LogP contribution in [0.2, 0.25) is 10.0 Å². The molecule has 0 aromatic heterocycles. The Bertz CT molecular complexity index is 2350. The molecule has 21 heteroatoms. The smallest absolute Gasteiger partial charge is 0.337 e. The summed E-state index contributed by atoms with van der Waals surface area (Å²) in [5.41, 5.74) is 2.53. The number of alkyl halides is 1. The fraction of sp³-hybridized carbons (Fsp3) is 0.409. The molecule has 14 nitrogen and oxygen atoms in total. The van der Waals surface area contributed by atoms with Crippen LogP contribution in [-0.2, 0) is 52.1 Å². The van der Waals surface area contributed by atoms with Gasteiger partial charge in [0.15, 0.2) is 0 Å². The highest BCUT2D eigenvalue weighted by Crippen LogP contribution is 2.29. The van der Waals surface area contributed by atoms with Crippen LogP contribution in [0.5, 0.6) is 0 Å². The first-order chi connectivity index (χ1) is 31.1. The van der Waals surface area contributed by atoms with E-state index in [9.17, 15) is 35.2 Å². The van der Waals surface area contributed by atoms with E-state index in [1.165, 1.54) is 42.8 Å². The number of ether oxygens (including phenoxy) is 4. The first-order valence-corrected chi connectivity index (χ1v) is 25.0. The molecule has 0 aliphatic carbocycles. The normalized spacial score (nSPS) is 14.2. The molecule has 0 radical (unpaired) electrons. The van der Waals surface area contributed by atoms with Crippen LogP contribution in [0.3, 0.4) is 0 Å². The first kappa shape index (κ1) is 53.5. The van der Waals surface area contributed by atoms with Gasteiger partial charge in [-0.1, -0.05) is 47.5 Å². The van der Waals surface area contributed by atoms with Gasteiger partial charge in [0.1, 0.15) is 11.6 Å². The number of carbonyl (C=O) groups excluding carboxylic acids is 2. The molecule has 2 saturated heterocycles. The van der Waals surface area contributed by atoms with Crippen molar-refractivity contribution in [3.63, 3.8) is 0 Å². The monoisotopic (exact) mass is 1000 g/mol. The molecule has 2 fully saturated rings. The zero-order chi connectivity index (χ0) is 47.4. The van der Waals surface area contributed by atoms with Crippen molar-refractivity contribution in [1.82, 2.24) is 10.2 Å². The average Bonchev–Trinajstić information content (AvgIpc) is 3.32. The van der Waals surface area contributed by atoms with Gasteiger partial charge >= 0.3 is 11.9 Å². The van der Waals surface area contributed by atoms with Crippen molar-refractivity contribution in [3.05, 3.63) is 129 Å². The minimum absolute atomic E-state index is 0.00592. The lowest BCUT2D eigenvalue weighted by Crippen LogP contribution is -2.38. The molecule has 0 saturated carbocycles. The second kappa shape index (κ2) is 26.9. The van der Waals surface area contributed by atoms with Gasteiger partial charge in [0.05, 0.1) is 97.8 Å². The molecule has 2 heterocycles. The average molecular weight is 1010 g/mol. The van der Waals surface area contributed by atoms with E-state index in [2.05, 4.69) is 15.0 Å². The lowest BCUT2D eigenvalue weighted by Gasteiger charge is -2.28. The van der Waals surface area contributed by atoms with Crippen LogP contribution in [0.4, 0.5) is 20.2 Å². The molecule has 4 aromatic rings. The van der Waals surface area contributed by atoms with E-state index in [1.807, 2.05) is 0 Å². The molecule has 65 heavy (non-hydrogen) atoms. The number of benzene rings is 4. The molecule has 0 unspecified atom stereocenters. The number of morpholine rings is 2. The van der Waals surface area contributed by atoms with E-state index in [0.29, 0.717) is 48.4 Å². The maximum absolute atomic E-state index is 13.7. The molecule has 0 atom stereocenters. The van der Waals surface area contributed by atoms with E-state index in [1.54, 1.807) is 48.5 Å². The van der Waals surface area contributed by atoms with Gasteiger partial charge in [0.2, 0.25) is 20.0 Å². The topological polar surface area (TPSA) is 161 Å². The van der Waals surface area contributed by atoms with Gasteiger partial charge in [-0.05, 0) is 91.2 Å². The maximum Gasteiger partial charge on any atom is 0.337 e. The Morgan fingerprint density at radius 3 is 1.43 bits per heavy atom. The van der Waals surface area contributed by atoms with Crippen LogP contribution < -0.4 is 13.9 Å². The third-order valence-corrected chi connectivity index (χ3v) is 14.3. The number of sulfonamides is 2. The molecule has 6 rings (SSSR count). The van der Waals surface area contributed by atoms with Crippen LogP contribution in [0, 0.1) is 11.6 Å². The lowest BCUT2D eigenvalue weighted by atomic mass is 10.1. The minimum atomic E-state index is -3.73. The summed E-state index contributed by atoms with van der Waals surface area (Å²) in [5, 5.41) is 2.83. The lowest BCUT2D eigenvalue weighted by molar-refractivity contribution is 0.0381. The summed E-state index contributed by atoms with van der Waals surface area (Å²) in [6, 6.07) is 20.4. The van der Waals surface area contributed by atoms with Crippen LogP contribution >= 0.6 is 34.8 Å². The Hall–Kier alpha value is -4.11. The summed E-state index contributed by atoms with van der Waals surface area (Å²) >= 11 is 17.4. The number of hydrogen-bond acceptors (Lipinski definition) is 12. The summed E-state index contributed by atoms with van der Waals surface area (Å²) in [5.74, 6) is -2.26. The zero-order valence-corrected chi connectivity index (χ0v) is 39.9. The molecule has 1 N–H and O–H groups in total. The van der Waals surface area contributed by atoms with Crippen LogP contribution in [0.1, 0.15) is 44.7 Å². The fourth-order valence-corrected chi connectivity index (χ4v) is 9.96. The molecular weight excluding hydrogens is 953 g/mol. The van der Waals surface area contributed by atoms with Crippen molar-refractivity contribution in [2.45, 2.75) is 25.9 Å². The van der Waals surface area contributed by atoms with E-state index in [0.717, 1.165) is 55.8 Å². The van der Waals surface area contributed by atoms with Crippen molar-refractivity contribution in [2.24, 2.45) is 0 Å². The molecule has 2 aliphatic heterocycles. The summed E-state index contributed by atoms with van der Waals surface area (Å²) in [6.45, 7) is 7.35. The number of halogens is 5. The number of hydrogen-bond donors (Lipinski definition) is 1. The summed E-state index contributed by atoms with van der Waals surface area (Å²) < 4.78 is 101. The second-order valence-electron chi connectivity index (χ2n) is 14.4. The van der Waals surface area contributed by atoms with E-state index >= 15 is 0 Å². The number of methoxy groups -OCH3 is 2. The third kappa shape index (κ3) is 17.2. The van der Waals surface area contributed by atoms with Gasteiger partial charge in [0, 0.05) is 32.1 Å². The molecule has 2 aliphatic rings. The SMILES string of the molecule is C1COCCN1.COC(=O)c1ccc(CN(c2ccc(F)c(Cl)c2)S(=O)(=O)CCCCl)cc1.COC(=O)c1ccc(CN(c2ccc(F)c(Cl)c2)S(=O)(=O)CCCN2CCOCC2)cc1. The van der Waals surface area contributed by atoms with Crippen LogP contribution in [0.25, 0.3) is 0 Å². The van der Waals surface area contributed by atoms with E-state index in [-0.39, 0.29) is 58.3 Å². The predicted molar refractivity (Wildman–Crippen MR) is 249 cm³/mol. The van der Waals surface area contributed by atoms with Crippen LogP contribution in [-0.4, -0.2) is 124 Å². The van der Waals surface area contributed by atoms with Gasteiger partial charge in [0.25, 0.3) is 0 Å². The zero-order valence-electron chi connectivity index (χ0n) is 36.0. The van der Waals surface area contributed by atoms with Crippen LogP contribution in [0.15, 0.2) is 84.9 Å². The Balaban J connectivity index is 0.000000254. The van der Waals surface area contributed by atoms with Gasteiger partial charge in [-0.2, -0.15) is 0 Å². The van der Waals surface area contributed by atoms with Crippen molar-refractivity contribution >= 4 is 78.2 Å². The highest BCUT2D eigenvalue weighted by atomic mass is 35.5. The number of nitrogens with zero attached hydrogens (tertiary/aromatic N) is 3. The molecule has 0 amide bonds. The quantitative estimate of drug-likeness (QED) is 0.0841. The minimum Gasteiger partial charge on any atom is -0.465 e. The fourth-order valence-electron chi connectivity index (χ4n) is 6.31. The maximum atomic E-state index is 13.7. The van der Waals surface area contributed by atoms with Crippen molar-refractivity contribution in [1.29, 1.82) is 0 Å². The van der Waals surface area contributed by atoms with Gasteiger partial charge in [-0.3, -0.25) is 13.5 Å². The second-order valence-corrected chi connectivity index (χ2v) is 19.6. The van der Waals surface area contributed by atoms with Gasteiger partial charge < -0.3 is 24.3 Å². The van der Waals surface area contributed by atoms with Crippen molar-refractivity contribution in [2.75, 3.05) is 99.4 Å². The summed E-state index contributed by atoms with van der Waals surface area (Å²) in [7, 11) is -4.88. The molecule has 356 valence electrons. The predicted octanol–water partition coefficient (Wildman–Crippen LogP) is 7.16. The van der Waals surface area contributed by atoms with Gasteiger partial charge in [-0.15, -0.1) is 11.6 Å². The number of carbonyl (C=O) groups is 2.